The lowest BCUT2D eigenvalue weighted by Gasteiger charge is -2.63. The number of hydrogen-bond acceptors (Lipinski definition) is 7. The van der Waals surface area contributed by atoms with E-state index in [4.69, 9.17) is 24.0 Å². The van der Waals surface area contributed by atoms with Crippen LogP contribution in [-0.2, 0) is 39.4 Å². The van der Waals surface area contributed by atoms with Crippen molar-refractivity contribution in [2.24, 2.45) is 46.3 Å². The first-order valence-electron chi connectivity index (χ1n) is 16.6. The normalized spacial score (nSPS) is 43.2. The molecule has 1 heterocycles. The third-order valence-electron chi connectivity index (χ3n) is 13.0. The Hall–Kier alpha value is -2.17. The van der Waals surface area contributed by atoms with Crippen LogP contribution in [0.4, 0.5) is 13.2 Å². The van der Waals surface area contributed by atoms with Gasteiger partial charge >= 0.3 is 23.9 Å². The summed E-state index contributed by atoms with van der Waals surface area (Å²) in [6, 6.07) is 7.42. The molecule has 5 aliphatic rings. The van der Waals surface area contributed by atoms with Crippen LogP contribution in [0, 0.1) is 46.3 Å². The monoisotopic (exact) mass is 636 g/mol. The van der Waals surface area contributed by atoms with Gasteiger partial charge in [0.15, 0.2) is 0 Å². The largest absolute Gasteiger partial charge is 0.469 e. The molecule has 7 nitrogen and oxygen atoms in total. The number of fused-ring (bicyclic) bond motifs is 5. The summed E-state index contributed by atoms with van der Waals surface area (Å²) in [6.45, 7) is 8.26. The first kappa shape index (κ1) is 32.8. The van der Waals surface area contributed by atoms with Crippen LogP contribution in [0.25, 0.3) is 0 Å². The van der Waals surface area contributed by atoms with E-state index >= 15 is 0 Å². The molecule has 1 aliphatic heterocycles. The minimum atomic E-state index is -4.84. The molecule has 1 aromatic carbocycles. The number of carbonyl (C=O) groups is 2. The molecule has 10 heteroatoms. The summed E-state index contributed by atoms with van der Waals surface area (Å²) < 4.78 is 60.8. The summed E-state index contributed by atoms with van der Waals surface area (Å²) in [7, 11) is 1.41. The van der Waals surface area contributed by atoms with Crippen molar-refractivity contribution in [3.63, 3.8) is 0 Å². The third-order valence-corrected chi connectivity index (χ3v) is 13.0. The number of methoxy groups -OCH3 is 1. The number of hydrogen-bond donors (Lipinski definition) is 0. The van der Waals surface area contributed by atoms with Crippen LogP contribution >= 0.6 is 0 Å². The standard InChI is InChI=1S/C35H47F3O7/c1-21(11-16-30(40)41-5)26-14-15-27-25-13-12-24-20-33(43-34(45-44-33,35(36,37)38)23-9-7-6-8-10-23)18-17-31(24,3)28(25)19-29(32(26,27)4)42-22(2)39/h6-10,21,24-29H,11-20H2,1-5H3/t21-,24-,25+,26-,27+,28+,29+,31+,32-,33?,34?/m1/s1. The first-order chi connectivity index (χ1) is 21.2. The molecule has 0 radical (unpaired) electrons. The van der Waals surface area contributed by atoms with Gasteiger partial charge in [-0.2, -0.15) is 22.9 Å². The number of carbonyl (C=O) groups excluding carboxylic acids is 2. The smallest absolute Gasteiger partial charge is 0.451 e. The minimum absolute atomic E-state index is 0.0643. The maximum Gasteiger partial charge on any atom is 0.451 e. The van der Waals surface area contributed by atoms with Crippen LogP contribution in [0.15, 0.2) is 30.3 Å². The highest BCUT2D eigenvalue weighted by molar-refractivity contribution is 5.69. The van der Waals surface area contributed by atoms with Crippen LogP contribution < -0.4 is 0 Å². The maximum atomic E-state index is 14.6. The van der Waals surface area contributed by atoms with E-state index in [1.807, 2.05) is 0 Å². The van der Waals surface area contributed by atoms with Gasteiger partial charge in [0, 0.05) is 37.2 Å². The van der Waals surface area contributed by atoms with E-state index in [-0.39, 0.29) is 58.6 Å². The summed E-state index contributed by atoms with van der Waals surface area (Å²) in [6.07, 6.45) is 1.82. The van der Waals surface area contributed by atoms with Gasteiger partial charge in [0.25, 0.3) is 0 Å². The molecule has 4 saturated carbocycles. The van der Waals surface area contributed by atoms with E-state index in [2.05, 4.69) is 20.8 Å². The minimum Gasteiger partial charge on any atom is -0.469 e. The summed E-state index contributed by atoms with van der Waals surface area (Å²) in [4.78, 5) is 35.2. The quantitative estimate of drug-likeness (QED) is 0.232. The number of esters is 2. The molecule has 11 atom stereocenters. The van der Waals surface area contributed by atoms with E-state index in [0.29, 0.717) is 37.0 Å². The van der Waals surface area contributed by atoms with Crippen LogP contribution in [0.5, 0.6) is 0 Å². The molecule has 45 heavy (non-hydrogen) atoms. The van der Waals surface area contributed by atoms with E-state index in [9.17, 15) is 22.8 Å². The molecular weight excluding hydrogens is 589 g/mol. The number of benzene rings is 1. The molecule has 0 aromatic heterocycles. The van der Waals surface area contributed by atoms with Crippen molar-refractivity contribution >= 4 is 11.9 Å². The topological polar surface area (TPSA) is 80.3 Å². The fourth-order valence-electron chi connectivity index (χ4n) is 10.8. The van der Waals surface area contributed by atoms with Crippen molar-refractivity contribution in [3.05, 3.63) is 35.9 Å². The van der Waals surface area contributed by atoms with Gasteiger partial charge in [-0.15, -0.1) is 0 Å². The van der Waals surface area contributed by atoms with Crippen LogP contribution in [-0.4, -0.2) is 37.1 Å². The van der Waals surface area contributed by atoms with Crippen LogP contribution in [0.1, 0.15) is 97.5 Å². The Kier molecular flexibility index (Phi) is 8.38. The predicted octanol–water partition coefficient (Wildman–Crippen LogP) is 7.87. The average Bonchev–Trinajstić information content (AvgIpc) is 3.57. The number of halogens is 3. The van der Waals surface area contributed by atoms with Gasteiger partial charge in [-0.3, -0.25) is 9.59 Å². The molecule has 1 aromatic rings. The van der Waals surface area contributed by atoms with Gasteiger partial charge in [-0.25, -0.2) is 0 Å². The zero-order valence-electron chi connectivity index (χ0n) is 27.0. The maximum absolute atomic E-state index is 14.6. The Morgan fingerprint density at radius 2 is 1.76 bits per heavy atom. The molecule has 2 unspecified atom stereocenters. The second-order valence-corrected chi connectivity index (χ2v) is 15.0. The fraction of sp³-hybridized carbons (Fsp3) is 0.771. The number of alkyl halides is 3. The predicted molar refractivity (Wildman–Crippen MR) is 157 cm³/mol. The molecule has 6 rings (SSSR count). The van der Waals surface area contributed by atoms with Crippen molar-refractivity contribution < 1.29 is 46.7 Å². The van der Waals surface area contributed by atoms with Crippen molar-refractivity contribution in [3.8, 4) is 0 Å². The van der Waals surface area contributed by atoms with Crippen LogP contribution in [0.2, 0.25) is 0 Å². The van der Waals surface area contributed by atoms with Gasteiger partial charge in [0.2, 0.25) is 5.79 Å². The Labute approximate surface area is 263 Å². The first-order valence-corrected chi connectivity index (χ1v) is 16.6. The summed E-state index contributed by atoms with van der Waals surface area (Å²) in [5.41, 5.74) is -0.528. The lowest BCUT2D eigenvalue weighted by atomic mass is 9.43. The van der Waals surface area contributed by atoms with Gasteiger partial charge in [0.1, 0.15) is 6.10 Å². The Morgan fingerprint density at radius 3 is 2.42 bits per heavy atom. The lowest BCUT2D eigenvalue weighted by molar-refractivity contribution is -0.422. The van der Waals surface area contributed by atoms with Gasteiger partial charge in [-0.1, -0.05) is 51.1 Å². The van der Waals surface area contributed by atoms with Crippen LogP contribution in [0.3, 0.4) is 0 Å². The fourth-order valence-corrected chi connectivity index (χ4v) is 10.8. The van der Waals surface area contributed by atoms with Crippen molar-refractivity contribution in [1.29, 1.82) is 0 Å². The summed E-state index contributed by atoms with van der Waals surface area (Å²) >= 11 is 0. The van der Waals surface area contributed by atoms with Gasteiger partial charge in [0.05, 0.1) is 7.11 Å². The van der Waals surface area contributed by atoms with E-state index in [1.165, 1.54) is 38.3 Å². The lowest BCUT2D eigenvalue weighted by Crippen LogP contribution is -2.60. The number of rotatable bonds is 6. The molecule has 1 spiro atoms. The zero-order valence-corrected chi connectivity index (χ0v) is 27.0. The van der Waals surface area contributed by atoms with Crippen molar-refractivity contribution in [1.82, 2.24) is 0 Å². The Bertz CT molecular complexity index is 1270. The SMILES string of the molecule is COC(=O)CC[C@@H](C)[C@H]1CC[C@H]2[C@@H]3CC[C@@H]4CC5(CC[C@]4(C)[C@H]3C[C@H](OC(C)=O)[C@]12C)OOC(c1ccccc1)(C(F)(F)F)O5. The van der Waals surface area contributed by atoms with Crippen molar-refractivity contribution in [2.45, 2.75) is 116 Å². The Balaban J connectivity index is 1.25. The highest BCUT2D eigenvalue weighted by atomic mass is 19.4. The van der Waals surface area contributed by atoms with Crippen molar-refractivity contribution in [2.75, 3.05) is 7.11 Å². The molecule has 0 amide bonds. The summed E-state index contributed by atoms with van der Waals surface area (Å²) in [5.74, 6) is -3.29. The molecule has 250 valence electrons. The average molecular weight is 637 g/mol. The molecular formula is C35H47F3O7. The third kappa shape index (κ3) is 5.21. The van der Waals surface area contributed by atoms with E-state index in [0.717, 1.165) is 38.5 Å². The van der Waals surface area contributed by atoms with Gasteiger partial charge in [-0.05, 0) is 85.9 Å². The second-order valence-electron chi connectivity index (χ2n) is 15.0. The number of ether oxygens (including phenoxy) is 3. The Morgan fingerprint density at radius 1 is 1.02 bits per heavy atom. The summed E-state index contributed by atoms with van der Waals surface area (Å²) in [5, 5.41) is 0. The molecule has 4 aliphatic carbocycles. The second kappa shape index (κ2) is 11.5. The van der Waals surface area contributed by atoms with Gasteiger partial charge < -0.3 is 14.2 Å². The zero-order chi connectivity index (χ0) is 32.4. The molecule has 5 fully saturated rings. The highest BCUT2D eigenvalue weighted by Gasteiger charge is 2.72. The highest BCUT2D eigenvalue weighted by Crippen LogP contribution is 2.70. The van der Waals surface area contributed by atoms with E-state index in [1.54, 1.807) is 6.07 Å². The molecule has 1 saturated heterocycles. The molecule has 0 N–H and O–H groups in total. The molecule has 0 bridgehead atoms. The van der Waals surface area contributed by atoms with E-state index < -0.39 is 17.8 Å².